The average molecular weight is 346 g/mol. The summed E-state index contributed by atoms with van der Waals surface area (Å²) < 4.78 is 10.1. The van der Waals surface area contributed by atoms with Crippen LogP contribution in [0.25, 0.3) is 0 Å². The number of rotatable bonds is 7. The Morgan fingerprint density at radius 1 is 1.33 bits per heavy atom. The number of aliphatic hydroxyl groups excluding tert-OH is 4. The van der Waals surface area contributed by atoms with E-state index in [-0.39, 0.29) is 5.57 Å². The van der Waals surface area contributed by atoms with E-state index in [0.29, 0.717) is 12.8 Å². The van der Waals surface area contributed by atoms with Crippen molar-refractivity contribution in [2.24, 2.45) is 0 Å². The smallest absolute Gasteiger partial charge is 0.336 e. The van der Waals surface area contributed by atoms with Crippen LogP contribution in [0.1, 0.15) is 26.7 Å². The summed E-state index contributed by atoms with van der Waals surface area (Å²) in [6, 6.07) is 0. The predicted octanol–water partition coefficient (Wildman–Crippen LogP) is -1.01. The van der Waals surface area contributed by atoms with E-state index < -0.39 is 48.9 Å². The maximum atomic E-state index is 12.1. The first-order valence-corrected chi connectivity index (χ1v) is 7.69. The molecule has 1 saturated heterocycles. The molecule has 8 heteroatoms. The van der Waals surface area contributed by atoms with Crippen molar-refractivity contribution in [1.29, 1.82) is 0 Å². The summed E-state index contributed by atoms with van der Waals surface area (Å²) in [5.41, 5.74) is -1.14. The van der Waals surface area contributed by atoms with Gasteiger partial charge in [0.15, 0.2) is 12.4 Å². The van der Waals surface area contributed by atoms with Crippen LogP contribution in [0.3, 0.4) is 0 Å². The molecular formula is C16H26O8. The van der Waals surface area contributed by atoms with Crippen molar-refractivity contribution in [3.05, 3.63) is 24.3 Å². The lowest BCUT2D eigenvalue weighted by Crippen LogP contribution is -2.58. The zero-order valence-corrected chi connectivity index (χ0v) is 13.8. The van der Waals surface area contributed by atoms with Crippen molar-refractivity contribution < 1.29 is 39.8 Å². The molecule has 8 nitrogen and oxygen atoms in total. The maximum absolute atomic E-state index is 12.1. The third-order valence-electron chi connectivity index (χ3n) is 3.95. The first-order chi connectivity index (χ1) is 11.1. The van der Waals surface area contributed by atoms with Crippen LogP contribution in [0.2, 0.25) is 0 Å². The highest BCUT2D eigenvalue weighted by atomic mass is 16.7. The van der Waals surface area contributed by atoms with Gasteiger partial charge in [-0.15, -0.1) is 6.58 Å². The number of allylic oxidation sites excluding steroid dienone is 1. The molecule has 0 aromatic heterocycles. The Balaban J connectivity index is 2.71. The van der Waals surface area contributed by atoms with Crippen LogP contribution in [-0.4, -0.2) is 74.4 Å². The molecule has 0 radical (unpaired) electrons. The molecular weight excluding hydrogens is 320 g/mol. The first kappa shape index (κ1) is 20.8. The SMILES string of the molecule is C=CC(C)(O)CCC=C(CO)C(=O)O[C@H]1[C@H](O)[C@@H](O)C(O)O[C@@H]1C. The average Bonchev–Trinajstić information content (AvgIpc) is 2.53. The molecule has 0 spiro atoms. The molecule has 0 bridgehead atoms. The Morgan fingerprint density at radius 3 is 2.50 bits per heavy atom. The summed E-state index contributed by atoms with van der Waals surface area (Å²) >= 11 is 0. The molecule has 0 amide bonds. The van der Waals surface area contributed by atoms with Crippen molar-refractivity contribution in [3.63, 3.8) is 0 Å². The number of carbonyl (C=O) groups is 1. The van der Waals surface area contributed by atoms with Gasteiger partial charge in [0.1, 0.15) is 12.2 Å². The molecule has 0 aromatic rings. The zero-order valence-electron chi connectivity index (χ0n) is 13.8. The minimum atomic E-state index is -1.61. The lowest BCUT2D eigenvalue weighted by atomic mass is 9.99. The zero-order chi connectivity index (χ0) is 18.5. The summed E-state index contributed by atoms with van der Waals surface area (Å²) in [7, 11) is 0. The number of hydrogen-bond acceptors (Lipinski definition) is 8. The van der Waals surface area contributed by atoms with Crippen LogP contribution >= 0.6 is 0 Å². The largest absolute Gasteiger partial charge is 0.453 e. The second-order valence-electron chi connectivity index (χ2n) is 6.07. The lowest BCUT2D eigenvalue weighted by molar-refractivity contribution is -0.280. The van der Waals surface area contributed by atoms with Crippen LogP contribution in [0.15, 0.2) is 24.3 Å². The van der Waals surface area contributed by atoms with Gasteiger partial charge in [-0.2, -0.15) is 0 Å². The van der Waals surface area contributed by atoms with Crippen molar-refractivity contribution in [2.75, 3.05) is 6.61 Å². The van der Waals surface area contributed by atoms with Gasteiger partial charge < -0.3 is 35.0 Å². The molecule has 2 unspecified atom stereocenters. The minimum absolute atomic E-state index is 0.0464. The molecule has 1 heterocycles. The molecule has 0 saturated carbocycles. The quantitative estimate of drug-likeness (QED) is 0.225. The normalized spacial score (nSPS) is 33.6. The fourth-order valence-electron chi connectivity index (χ4n) is 2.24. The number of ether oxygens (including phenoxy) is 2. The molecule has 138 valence electrons. The Morgan fingerprint density at radius 2 is 1.96 bits per heavy atom. The van der Waals surface area contributed by atoms with Crippen molar-refractivity contribution in [1.82, 2.24) is 0 Å². The molecule has 6 atom stereocenters. The van der Waals surface area contributed by atoms with Gasteiger partial charge in [0.05, 0.1) is 23.9 Å². The van der Waals surface area contributed by atoms with Crippen LogP contribution in [0.5, 0.6) is 0 Å². The standard InChI is InChI=1S/C16H26O8/c1-4-16(3,22)7-5-6-10(8-17)14(20)24-13-9(2)23-15(21)12(19)11(13)18/h4,6,9,11-13,15,17-19,21-22H,1,5,7-8H2,2-3H3/t9-,11-,12-,13-,15?,16?/m1/s1. The van der Waals surface area contributed by atoms with Crippen LogP contribution < -0.4 is 0 Å². The topological polar surface area (TPSA) is 137 Å². The molecule has 5 N–H and O–H groups in total. The Kier molecular flexibility index (Phi) is 7.53. The first-order valence-electron chi connectivity index (χ1n) is 7.69. The minimum Gasteiger partial charge on any atom is -0.453 e. The van der Waals surface area contributed by atoms with E-state index in [0.717, 1.165) is 0 Å². The number of aliphatic hydroxyl groups is 5. The van der Waals surface area contributed by atoms with Crippen LogP contribution in [0.4, 0.5) is 0 Å². The molecule has 1 rings (SSSR count). The predicted molar refractivity (Wildman–Crippen MR) is 83.7 cm³/mol. The molecule has 0 aliphatic carbocycles. The van der Waals surface area contributed by atoms with Gasteiger partial charge in [0.25, 0.3) is 0 Å². The third kappa shape index (κ3) is 5.37. The summed E-state index contributed by atoms with van der Waals surface area (Å²) in [6.07, 6.45) is -3.34. The van der Waals surface area contributed by atoms with E-state index in [2.05, 4.69) is 6.58 Å². The van der Waals surface area contributed by atoms with Gasteiger partial charge in [-0.05, 0) is 26.7 Å². The number of esters is 1. The molecule has 1 aliphatic rings. The van der Waals surface area contributed by atoms with Crippen LogP contribution in [0, 0.1) is 0 Å². The summed E-state index contributed by atoms with van der Waals surface area (Å²) in [6.45, 7) is 5.95. The second kappa shape index (κ2) is 8.70. The van der Waals surface area contributed by atoms with Gasteiger partial charge in [0, 0.05) is 0 Å². The van der Waals surface area contributed by atoms with Gasteiger partial charge >= 0.3 is 5.97 Å². The Labute approximate surface area is 140 Å². The highest BCUT2D eigenvalue weighted by Gasteiger charge is 2.44. The van der Waals surface area contributed by atoms with E-state index in [4.69, 9.17) is 9.47 Å². The van der Waals surface area contributed by atoms with Gasteiger partial charge in [-0.3, -0.25) is 0 Å². The molecule has 1 fully saturated rings. The third-order valence-corrected chi connectivity index (χ3v) is 3.95. The summed E-state index contributed by atoms with van der Waals surface area (Å²) in [4.78, 5) is 12.1. The fourth-order valence-corrected chi connectivity index (χ4v) is 2.24. The molecule has 1 aliphatic heterocycles. The monoisotopic (exact) mass is 346 g/mol. The highest BCUT2D eigenvalue weighted by Crippen LogP contribution is 2.23. The van der Waals surface area contributed by atoms with Crippen molar-refractivity contribution in [2.45, 2.75) is 63.0 Å². The van der Waals surface area contributed by atoms with E-state index in [9.17, 15) is 30.3 Å². The van der Waals surface area contributed by atoms with Crippen molar-refractivity contribution >= 4 is 5.97 Å². The van der Waals surface area contributed by atoms with Crippen molar-refractivity contribution in [3.8, 4) is 0 Å². The Hall–Kier alpha value is -1.29. The van der Waals surface area contributed by atoms with E-state index in [1.165, 1.54) is 19.1 Å². The maximum Gasteiger partial charge on any atom is 0.336 e. The van der Waals surface area contributed by atoms with Crippen LogP contribution in [-0.2, 0) is 14.3 Å². The highest BCUT2D eigenvalue weighted by molar-refractivity contribution is 5.88. The van der Waals surface area contributed by atoms with Gasteiger partial charge in [-0.25, -0.2) is 4.79 Å². The molecule has 0 aromatic carbocycles. The van der Waals surface area contributed by atoms with E-state index in [1.54, 1.807) is 6.92 Å². The van der Waals surface area contributed by atoms with E-state index in [1.807, 2.05) is 0 Å². The number of hydrogen-bond donors (Lipinski definition) is 5. The lowest BCUT2D eigenvalue weighted by Gasteiger charge is -2.38. The fraction of sp³-hybridized carbons (Fsp3) is 0.688. The summed E-state index contributed by atoms with van der Waals surface area (Å²) in [5, 5.41) is 48.0. The van der Waals surface area contributed by atoms with Gasteiger partial charge in [0.2, 0.25) is 0 Å². The molecule has 24 heavy (non-hydrogen) atoms. The number of carbonyl (C=O) groups excluding carboxylic acids is 1. The summed E-state index contributed by atoms with van der Waals surface area (Å²) in [5.74, 6) is -0.876. The van der Waals surface area contributed by atoms with Gasteiger partial charge in [-0.1, -0.05) is 12.2 Å². The van der Waals surface area contributed by atoms with E-state index >= 15 is 0 Å². The second-order valence-corrected chi connectivity index (χ2v) is 6.07. The Bertz CT molecular complexity index is 473.